The smallest absolute Gasteiger partial charge is 0.257 e. The number of hydrogen-bond donors (Lipinski definition) is 1. The highest BCUT2D eigenvalue weighted by Crippen LogP contribution is 2.34. The van der Waals surface area contributed by atoms with Crippen LogP contribution in [0.5, 0.6) is 11.5 Å². The maximum atomic E-state index is 13.2. The van der Waals surface area contributed by atoms with E-state index in [0.717, 1.165) is 25.9 Å². The number of anilines is 1. The SMILES string of the molecule is O=c1[nH]c(N2CCCC2)nc2c1CN(S(=O)(=O)c1ccc3c(c1)OCCO3)CC2. The van der Waals surface area contributed by atoms with Crippen molar-refractivity contribution in [2.24, 2.45) is 0 Å². The highest BCUT2D eigenvalue weighted by Gasteiger charge is 2.32. The molecule has 3 aliphatic rings. The van der Waals surface area contributed by atoms with Gasteiger partial charge in [-0.3, -0.25) is 9.78 Å². The predicted octanol–water partition coefficient (Wildman–Crippen LogP) is 0.888. The summed E-state index contributed by atoms with van der Waals surface area (Å²) >= 11 is 0. The average molecular weight is 418 g/mol. The molecule has 0 amide bonds. The van der Waals surface area contributed by atoms with Gasteiger partial charge in [0, 0.05) is 38.7 Å². The molecule has 0 bridgehead atoms. The van der Waals surface area contributed by atoms with Gasteiger partial charge in [-0.25, -0.2) is 13.4 Å². The monoisotopic (exact) mass is 418 g/mol. The van der Waals surface area contributed by atoms with Crippen molar-refractivity contribution in [1.29, 1.82) is 0 Å². The third-order valence-corrected chi connectivity index (χ3v) is 7.42. The van der Waals surface area contributed by atoms with Crippen molar-refractivity contribution in [2.75, 3.05) is 37.7 Å². The van der Waals surface area contributed by atoms with E-state index >= 15 is 0 Å². The van der Waals surface area contributed by atoms with Crippen LogP contribution in [0.3, 0.4) is 0 Å². The predicted molar refractivity (Wildman–Crippen MR) is 105 cm³/mol. The summed E-state index contributed by atoms with van der Waals surface area (Å²) in [7, 11) is -3.77. The minimum absolute atomic E-state index is 0.00865. The largest absolute Gasteiger partial charge is 0.486 e. The third kappa shape index (κ3) is 3.25. The Morgan fingerprint density at radius 3 is 2.59 bits per heavy atom. The molecule has 1 N–H and O–H groups in total. The second-order valence-electron chi connectivity index (χ2n) is 7.40. The van der Waals surface area contributed by atoms with Crippen molar-refractivity contribution in [3.63, 3.8) is 0 Å². The van der Waals surface area contributed by atoms with Gasteiger partial charge in [0.05, 0.1) is 16.2 Å². The van der Waals surface area contributed by atoms with Gasteiger partial charge in [0.25, 0.3) is 5.56 Å². The first-order chi connectivity index (χ1) is 14.0. The quantitative estimate of drug-likeness (QED) is 0.789. The molecule has 0 saturated carbocycles. The van der Waals surface area contributed by atoms with E-state index in [9.17, 15) is 13.2 Å². The second-order valence-corrected chi connectivity index (χ2v) is 9.34. The van der Waals surface area contributed by atoms with Crippen LogP contribution in [0.15, 0.2) is 27.9 Å². The van der Waals surface area contributed by atoms with Crippen LogP contribution in [-0.2, 0) is 23.0 Å². The zero-order valence-electron chi connectivity index (χ0n) is 15.9. The Balaban J connectivity index is 1.43. The number of rotatable bonds is 3. The van der Waals surface area contributed by atoms with Gasteiger partial charge in [0.1, 0.15) is 13.2 Å². The number of fused-ring (bicyclic) bond motifs is 2. The Kier molecular flexibility index (Phi) is 4.47. The molecule has 5 rings (SSSR count). The Morgan fingerprint density at radius 2 is 1.79 bits per heavy atom. The van der Waals surface area contributed by atoms with E-state index in [0.29, 0.717) is 48.3 Å². The van der Waals surface area contributed by atoms with Crippen LogP contribution in [0, 0.1) is 0 Å². The zero-order valence-corrected chi connectivity index (χ0v) is 16.7. The van der Waals surface area contributed by atoms with Gasteiger partial charge >= 0.3 is 0 Å². The standard InChI is InChI=1S/C19H22N4O5S/c24-18-14-12-23(8-5-15(14)20-19(21-18)22-6-1-2-7-22)29(25,26)13-3-4-16-17(11-13)28-10-9-27-16/h3-4,11H,1-2,5-10,12H2,(H,20,21,24). The number of H-pyrrole nitrogens is 1. The molecule has 1 saturated heterocycles. The van der Waals surface area contributed by atoms with E-state index in [4.69, 9.17) is 9.47 Å². The summed E-state index contributed by atoms with van der Waals surface area (Å²) in [5.41, 5.74) is 0.837. The van der Waals surface area contributed by atoms with Gasteiger partial charge in [-0.05, 0) is 25.0 Å². The fraction of sp³-hybridized carbons (Fsp3) is 0.474. The highest BCUT2D eigenvalue weighted by atomic mass is 32.2. The number of aromatic nitrogens is 2. The number of benzene rings is 1. The molecule has 0 unspecified atom stereocenters. The number of nitrogens with one attached hydrogen (secondary N) is 1. The van der Waals surface area contributed by atoms with Crippen LogP contribution >= 0.6 is 0 Å². The van der Waals surface area contributed by atoms with E-state index in [1.165, 1.54) is 16.4 Å². The topological polar surface area (TPSA) is 105 Å². The van der Waals surface area contributed by atoms with E-state index in [1.54, 1.807) is 6.07 Å². The average Bonchev–Trinajstić information content (AvgIpc) is 3.28. The Morgan fingerprint density at radius 1 is 1.03 bits per heavy atom. The molecule has 1 fully saturated rings. The van der Waals surface area contributed by atoms with Crippen molar-refractivity contribution in [3.8, 4) is 11.5 Å². The molecule has 3 aliphatic heterocycles. The minimum Gasteiger partial charge on any atom is -0.486 e. The van der Waals surface area contributed by atoms with Crippen molar-refractivity contribution in [2.45, 2.75) is 30.7 Å². The molecular formula is C19H22N4O5S. The summed E-state index contributed by atoms with van der Waals surface area (Å²) in [6, 6.07) is 4.60. The molecule has 1 aromatic heterocycles. The molecule has 29 heavy (non-hydrogen) atoms. The van der Waals surface area contributed by atoms with Crippen molar-refractivity contribution in [1.82, 2.24) is 14.3 Å². The molecule has 0 aliphatic carbocycles. The Hall–Kier alpha value is -2.59. The summed E-state index contributed by atoms with van der Waals surface area (Å²) in [4.78, 5) is 22.3. The first kappa shape index (κ1) is 18.4. The van der Waals surface area contributed by atoms with E-state index in [-0.39, 0.29) is 23.5 Å². The fourth-order valence-electron chi connectivity index (χ4n) is 4.00. The van der Waals surface area contributed by atoms with Crippen molar-refractivity contribution < 1.29 is 17.9 Å². The van der Waals surface area contributed by atoms with Gasteiger partial charge in [-0.1, -0.05) is 0 Å². The lowest BCUT2D eigenvalue weighted by atomic mass is 10.1. The maximum absolute atomic E-state index is 13.2. The Labute approximate surface area is 168 Å². The summed E-state index contributed by atoms with van der Waals surface area (Å²) in [6.45, 7) is 2.87. The second kappa shape index (κ2) is 7.03. The molecule has 4 heterocycles. The zero-order chi connectivity index (χ0) is 20.0. The molecule has 0 atom stereocenters. The molecule has 154 valence electrons. The summed E-state index contributed by atoms with van der Waals surface area (Å²) in [5.74, 6) is 1.55. The highest BCUT2D eigenvalue weighted by molar-refractivity contribution is 7.89. The van der Waals surface area contributed by atoms with E-state index in [2.05, 4.69) is 14.9 Å². The molecule has 0 spiro atoms. The lowest BCUT2D eigenvalue weighted by molar-refractivity contribution is 0.171. The van der Waals surface area contributed by atoms with Crippen LogP contribution in [0.25, 0.3) is 0 Å². The van der Waals surface area contributed by atoms with E-state index < -0.39 is 10.0 Å². The Bertz CT molecular complexity index is 1110. The molecule has 2 aromatic rings. The molecular weight excluding hydrogens is 396 g/mol. The summed E-state index contributed by atoms with van der Waals surface area (Å²) < 4.78 is 38.6. The lowest BCUT2D eigenvalue weighted by Crippen LogP contribution is -2.40. The van der Waals surface area contributed by atoms with Crippen LogP contribution in [-0.4, -0.2) is 55.5 Å². The van der Waals surface area contributed by atoms with Gasteiger partial charge in [-0.2, -0.15) is 4.31 Å². The molecule has 9 nitrogen and oxygen atoms in total. The number of sulfonamides is 1. The van der Waals surface area contributed by atoms with Crippen LogP contribution < -0.4 is 19.9 Å². The first-order valence-corrected chi connectivity index (χ1v) is 11.2. The van der Waals surface area contributed by atoms with Gasteiger partial charge in [0.15, 0.2) is 11.5 Å². The first-order valence-electron chi connectivity index (χ1n) is 9.79. The van der Waals surface area contributed by atoms with Gasteiger partial charge in [0.2, 0.25) is 16.0 Å². The fourth-order valence-corrected chi connectivity index (χ4v) is 5.43. The van der Waals surface area contributed by atoms with Crippen LogP contribution in [0.1, 0.15) is 24.1 Å². The van der Waals surface area contributed by atoms with E-state index in [1.807, 2.05) is 0 Å². The molecule has 10 heteroatoms. The summed E-state index contributed by atoms with van der Waals surface area (Å²) in [5, 5.41) is 0. The third-order valence-electron chi connectivity index (χ3n) is 5.58. The van der Waals surface area contributed by atoms with Gasteiger partial charge < -0.3 is 14.4 Å². The molecule has 0 radical (unpaired) electrons. The van der Waals surface area contributed by atoms with Crippen LogP contribution in [0.2, 0.25) is 0 Å². The molecule has 1 aromatic carbocycles. The lowest BCUT2D eigenvalue weighted by Gasteiger charge is -2.28. The van der Waals surface area contributed by atoms with Crippen LogP contribution in [0.4, 0.5) is 5.95 Å². The number of ether oxygens (including phenoxy) is 2. The van der Waals surface area contributed by atoms with Gasteiger partial charge in [-0.15, -0.1) is 0 Å². The minimum atomic E-state index is -3.77. The van der Waals surface area contributed by atoms with Crippen molar-refractivity contribution in [3.05, 3.63) is 39.8 Å². The number of hydrogen-bond acceptors (Lipinski definition) is 7. The normalized spacial score (nSPS) is 19.2. The maximum Gasteiger partial charge on any atom is 0.257 e. The van der Waals surface area contributed by atoms with Crippen molar-refractivity contribution >= 4 is 16.0 Å². The summed E-state index contributed by atoms with van der Waals surface area (Å²) in [6.07, 6.45) is 2.58. The number of aromatic amines is 1. The number of nitrogens with zero attached hydrogens (tertiary/aromatic N) is 3.